The Morgan fingerprint density at radius 2 is 1.69 bits per heavy atom. The molecule has 1 aliphatic rings. The quantitative estimate of drug-likeness (QED) is 0.714. The van der Waals surface area contributed by atoms with Gasteiger partial charge in [-0.25, -0.2) is 9.97 Å². The lowest BCUT2D eigenvalue weighted by molar-refractivity contribution is -0.115. The molecular formula is C21H24N6O2. The van der Waals surface area contributed by atoms with Crippen LogP contribution < -0.4 is 15.1 Å². The highest BCUT2D eigenvalue weighted by Gasteiger charge is 2.19. The molecule has 0 saturated carbocycles. The Balaban J connectivity index is 1.32. The van der Waals surface area contributed by atoms with Gasteiger partial charge in [0.1, 0.15) is 5.76 Å². The third-order valence-corrected chi connectivity index (χ3v) is 5.12. The number of hydrogen-bond donors (Lipinski definition) is 1. The fourth-order valence-corrected chi connectivity index (χ4v) is 3.47. The van der Waals surface area contributed by atoms with Crippen molar-refractivity contribution in [3.63, 3.8) is 0 Å². The maximum Gasteiger partial charge on any atom is 0.229 e. The van der Waals surface area contributed by atoms with E-state index in [0.29, 0.717) is 17.4 Å². The summed E-state index contributed by atoms with van der Waals surface area (Å²) in [6, 6.07) is 10.4. The van der Waals surface area contributed by atoms with E-state index in [-0.39, 0.29) is 12.3 Å². The molecule has 8 heteroatoms. The molecule has 1 fully saturated rings. The summed E-state index contributed by atoms with van der Waals surface area (Å²) in [5, 5.41) is 6.71. The van der Waals surface area contributed by atoms with Gasteiger partial charge in [0.2, 0.25) is 11.9 Å². The summed E-state index contributed by atoms with van der Waals surface area (Å²) < 4.78 is 5.10. The SMILES string of the molecule is Cc1noc(C)c1CC(=O)Nc1cnc(N2CCN(c3ccccc3)CC2)nc1. The Morgan fingerprint density at radius 1 is 1.03 bits per heavy atom. The first-order valence-corrected chi connectivity index (χ1v) is 9.69. The fraction of sp³-hybridized carbons (Fsp3) is 0.333. The summed E-state index contributed by atoms with van der Waals surface area (Å²) in [5.41, 5.74) is 3.37. The first kappa shape index (κ1) is 18.9. The van der Waals surface area contributed by atoms with Crippen LogP contribution in [0, 0.1) is 13.8 Å². The molecule has 0 radical (unpaired) electrons. The summed E-state index contributed by atoms with van der Waals surface area (Å²) in [6.45, 7) is 7.18. The van der Waals surface area contributed by atoms with Gasteiger partial charge in [-0.15, -0.1) is 0 Å². The van der Waals surface area contributed by atoms with Crippen LogP contribution in [0.25, 0.3) is 0 Å². The molecule has 1 N–H and O–H groups in total. The second-order valence-corrected chi connectivity index (χ2v) is 7.11. The zero-order chi connectivity index (χ0) is 20.2. The minimum atomic E-state index is -0.146. The Kier molecular flexibility index (Phi) is 5.41. The molecule has 3 aromatic rings. The molecule has 0 unspecified atom stereocenters. The second-order valence-electron chi connectivity index (χ2n) is 7.11. The van der Waals surface area contributed by atoms with Crippen molar-refractivity contribution in [1.29, 1.82) is 0 Å². The molecule has 0 atom stereocenters. The van der Waals surface area contributed by atoms with Gasteiger partial charge in [0.05, 0.1) is 30.2 Å². The van der Waals surface area contributed by atoms with E-state index in [1.165, 1.54) is 5.69 Å². The Hall–Kier alpha value is -3.42. The van der Waals surface area contributed by atoms with Crippen LogP contribution in [0.5, 0.6) is 0 Å². The molecule has 1 aromatic carbocycles. The second kappa shape index (κ2) is 8.30. The summed E-state index contributed by atoms with van der Waals surface area (Å²) >= 11 is 0. The number of aryl methyl sites for hydroxylation is 2. The molecule has 1 aliphatic heterocycles. The number of hydrogen-bond acceptors (Lipinski definition) is 7. The highest BCUT2D eigenvalue weighted by molar-refractivity contribution is 5.92. The van der Waals surface area contributed by atoms with E-state index < -0.39 is 0 Å². The number of carbonyl (C=O) groups excluding carboxylic acids is 1. The van der Waals surface area contributed by atoms with Gasteiger partial charge in [0, 0.05) is 37.4 Å². The normalized spacial score (nSPS) is 14.1. The van der Waals surface area contributed by atoms with Gasteiger partial charge in [0.15, 0.2) is 0 Å². The zero-order valence-corrected chi connectivity index (χ0v) is 16.6. The molecule has 1 amide bonds. The third kappa shape index (κ3) is 4.37. The van der Waals surface area contributed by atoms with Crippen LogP contribution in [0.3, 0.4) is 0 Å². The van der Waals surface area contributed by atoms with Crippen LogP contribution in [-0.4, -0.2) is 47.2 Å². The number of para-hydroxylation sites is 1. The van der Waals surface area contributed by atoms with Crippen molar-refractivity contribution in [2.75, 3.05) is 41.3 Å². The minimum absolute atomic E-state index is 0.146. The molecule has 2 aromatic heterocycles. The Labute approximate surface area is 169 Å². The zero-order valence-electron chi connectivity index (χ0n) is 16.6. The molecule has 0 bridgehead atoms. The lowest BCUT2D eigenvalue weighted by Gasteiger charge is -2.36. The number of carbonyl (C=O) groups is 1. The lowest BCUT2D eigenvalue weighted by Crippen LogP contribution is -2.47. The van der Waals surface area contributed by atoms with Gasteiger partial charge in [-0.05, 0) is 26.0 Å². The first-order chi connectivity index (χ1) is 14.1. The maximum absolute atomic E-state index is 12.3. The summed E-state index contributed by atoms with van der Waals surface area (Å²) in [7, 11) is 0. The third-order valence-electron chi connectivity index (χ3n) is 5.12. The van der Waals surface area contributed by atoms with E-state index in [2.05, 4.69) is 54.5 Å². The number of piperazine rings is 1. The van der Waals surface area contributed by atoms with Gasteiger partial charge < -0.3 is 19.6 Å². The lowest BCUT2D eigenvalue weighted by atomic mass is 10.1. The van der Waals surface area contributed by atoms with Gasteiger partial charge >= 0.3 is 0 Å². The molecular weight excluding hydrogens is 368 g/mol. The molecule has 8 nitrogen and oxygen atoms in total. The smallest absolute Gasteiger partial charge is 0.229 e. The number of amides is 1. The summed E-state index contributed by atoms with van der Waals surface area (Å²) in [6.07, 6.45) is 3.51. The van der Waals surface area contributed by atoms with Crippen molar-refractivity contribution in [1.82, 2.24) is 15.1 Å². The van der Waals surface area contributed by atoms with Crippen molar-refractivity contribution in [3.8, 4) is 0 Å². The van der Waals surface area contributed by atoms with Gasteiger partial charge in [-0.3, -0.25) is 4.79 Å². The van der Waals surface area contributed by atoms with Crippen molar-refractivity contribution in [2.24, 2.45) is 0 Å². The van der Waals surface area contributed by atoms with Crippen molar-refractivity contribution in [3.05, 3.63) is 59.7 Å². The summed E-state index contributed by atoms with van der Waals surface area (Å²) in [5.74, 6) is 1.20. The predicted molar refractivity (Wildman–Crippen MR) is 111 cm³/mol. The van der Waals surface area contributed by atoms with Crippen LogP contribution >= 0.6 is 0 Å². The molecule has 1 saturated heterocycles. The Morgan fingerprint density at radius 3 is 2.31 bits per heavy atom. The van der Waals surface area contributed by atoms with E-state index in [4.69, 9.17) is 4.52 Å². The number of benzene rings is 1. The minimum Gasteiger partial charge on any atom is -0.368 e. The number of anilines is 3. The average molecular weight is 392 g/mol. The first-order valence-electron chi connectivity index (χ1n) is 9.69. The number of aromatic nitrogens is 3. The van der Waals surface area contributed by atoms with Crippen LogP contribution in [0.15, 0.2) is 47.2 Å². The van der Waals surface area contributed by atoms with Crippen molar-refractivity contribution in [2.45, 2.75) is 20.3 Å². The van der Waals surface area contributed by atoms with Crippen LogP contribution in [0.1, 0.15) is 17.0 Å². The van der Waals surface area contributed by atoms with Crippen LogP contribution in [0.2, 0.25) is 0 Å². The average Bonchev–Trinajstić information content (AvgIpc) is 3.07. The van der Waals surface area contributed by atoms with E-state index in [1.807, 2.05) is 13.0 Å². The number of nitrogens with one attached hydrogen (secondary N) is 1. The van der Waals surface area contributed by atoms with Gasteiger partial charge in [0.25, 0.3) is 0 Å². The highest BCUT2D eigenvalue weighted by Crippen LogP contribution is 2.19. The van der Waals surface area contributed by atoms with Crippen molar-refractivity contribution < 1.29 is 9.32 Å². The van der Waals surface area contributed by atoms with E-state index in [1.54, 1.807) is 19.3 Å². The molecule has 150 valence electrons. The van der Waals surface area contributed by atoms with Crippen molar-refractivity contribution >= 4 is 23.2 Å². The van der Waals surface area contributed by atoms with Crippen LogP contribution in [0.4, 0.5) is 17.3 Å². The standard InChI is InChI=1S/C21H24N6O2/c1-15-19(16(2)29-25-15)12-20(28)24-17-13-22-21(23-14-17)27-10-8-26(9-11-27)18-6-4-3-5-7-18/h3-7,13-14H,8-12H2,1-2H3,(H,24,28). The largest absolute Gasteiger partial charge is 0.368 e. The van der Waals surface area contributed by atoms with E-state index in [0.717, 1.165) is 37.4 Å². The molecule has 3 heterocycles. The monoisotopic (exact) mass is 392 g/mol. The number of nitrogens with zero attached hydrogens (tertiary/aromatic N) is 5. The summed E-state index contributed by atoms with van der Waals surface area (Å²) in [4.78, 5) is 25.7. The van der Waals surface area contributed by atoms with E-state index in [9.17, 15) is 4.79 Å². The maximum atomic E-state index is 12.3. The topological polar surface area (TPSA) is 87.4 Å². The van der Waals surface area contributed by atoms with Crippen LogP contribution in [-0.2, 0) is 11.2 Å². The molecule has 4 rings (SSSR count). The van der Waals surface area contributed by atoms with Gasteiger partial charge in [-0.2, -0.15) is 0 Å². The molecule has 29 heavy (non-hydrogen) atoms. The predicted octanol–water partition coefficient (Wildman–Crippen LogP) is 2.59. The fourth-order valence-electron chi connectivity index (χ4n) is 3.47. The number of rotatable bonds is 5. The van der Waals surface area contributed by atoms with E-state index >= 15 is 0 Å². The van der Waals surface area contributed by atoms with Gasteiger partial charge in [-0.1, -0.05) is 23.4 Å². The highest BCUT2D eigenvalue weighted by atomic mass is 16.5. The molecule has 0 spiro atoms. The Bertz CT molecular complexity index is 943. The molecule has 0 aliphatic carbocycles.